The van der Waals surface area contributed by atoms with Crippen LogP contribution in [0.1, 0.15) is 20.9 Å². The summed E-state index contributed by atoms with van der Waals surface area (Å²) in [6, 6.07) is 0. The number of hydrogen-bond acceptors (Lipinski definition) is 7. The lowest BCUT2D eigenvalue weighted by Gasteiger charge is -1.96. The van der Waals surface area contributed by atoms with Crippen molar-refractivity contribution in [3.8, 4) is 11.5 Å². The Morgan fingerprint density at radius 3 is 2.72 bits per heavy atom. The summed E-state index contributed by atoms with van der Waals surface area (Å²) in [7, 11) is 3.17. The first-order valence-electron chi connectivity index (χ1n) is 7.34. The molecular weight excluding hydrogens is 364 g/mol. The minimum Gasteiger partial charge on any atom is -0.465 e. The van der Waals surface area contributed by atoms with Crippen LogP contribution in [-0.2, 0) is 11.8 Å². The number of hydrogen-bond donors (Lipinski definition) is 0. The summed E-state index contributed by atoms with van der Waals surface area (Å²) in [6.45, 7) is 3.72. The van der Waals surface area contributed by atoms with Crippen LogP contribution in [0.25, 0.3) is 27.4 Å². The van der Waals surface area contributed by atoms with Crippen LogP contribution in [-0.4, -0.2) is 42.4 Å². The molecule has 4 aromatic rings. The fraction of sp³-hybridized carbons (Fsp3) is 0.267. The van der Waals surface area contributed by atoms with E-state index < -0.39 is 0 Å². The summed E-state index contributed by atoms with van der Waals surface area (Å²) in [5, 5.41) is 10.1. The van der Waals surface area contributed by atoms with Crippen LogP contribution >= 0.6 is 22.9 Å². The van der Waals surface area contributed by atoms with Gasteiger partial charge in [0.15, 0.2) is 11.3 Å². The third kappa shape index (κ3) is 2.23. The fourth-order valence-electron chi connectivity index (χ4n) is 2.65. The van der Waals surface area contributed by atoms with E-state index >= 15 is 0 Å². The van der Waals surface area contributed by atoms with Crippen molar-refractivity contribution in [2.24, 2.45) is 7.05 Å². The van der Waals surface area contributed by atoms with E-state index in [-0.39, 0.29) is 5.97 Å². The first-order valence-corrected chi connectivity index (χ1v) is 8.54. The molecule has 0 saturated heterocycles. The van der Waals surface area contributed by atoms with E-state index in [4.69, 9.17) is 16.3 Å². The molecule has 0 aliphatic heterocycles. The van der Waals surface area contributed by atoms with Gasteiger partial charge in [-0.3, -0.25) is 4.68 Å². The number of aryl methyl sites for hydroxylation is 2. The van der Waals surface area contributed by atoms with Gasteiger partial charge in [-0.15, -0.1) is 16.4 Å². The number of carbonyl (C=O) groups is 1. The standard InChI is InChI=1S/C15H13ClN6O2S/c1-6-8-13-18-12(10-9(16)7(2)21(3)19-10)20-22(13)5-17-14(8)25-11(6)15(23)24-4/h5H,1-4H3. The Hall–Kier alpha value is -2.52. The molecule has 4 aromatic heterocycles. The number of methoxy groups -OCH3 is 1. The summed E-state index contributed by atoms with van der Waals surface area (Å²) >= 11 is 7.62. The lowest BCUT2D eigenvalue weighted by molar-refractivity contribution is 0.0605. The lowest BCUT2D eigenvalue weighted by atomic mass is 10.2. The van der Waals surface area contributed by atoms with Gasteiger partial charge in [-0.2, -0.15) is 5.10 Å². The van der Waals surface area contributed by atoms with E-state index in [9.17, 15) is 4.79 Å². The number of aromatic nitrogens is 6. The van der Waals surface area contributed by atoms with Gasteiger partial charge < -0.3 is 4.74 Å². The highest BCUT2D eigenvalue weighted by Crippen LogP contribution is 2.33. The van der Waals surface area contributed by atoms with E-state index in [2.05, 4.69) is 20.2 Å². The van der Waals surface area contributed by atoms with Gasteiger partial charge >= 0.3 is 5.97 Å². The van der Waals surface area contributed by atoms with Crippen LogP contribution in [0, 0.1) is 13.8 Å². The van der Waals surface area contributed by atoms with Crippen LogP contribution < -0.4 is 0 Å². The summed E-state index contributed by atoms with van der Waals surface area (Å²) in [5.41, 5.74) is 2.72. The zero-order valence-corrected chi connectivity index (χ0v) is 15.4. The van der Waals surface area contributed by atoms with Crippen molar-refractivity contribution in [1.29, 1.82) is 0 Å². The quantitative estimate of drug-likeness (QED) is 0.500. The van der Waals surface area contributed by atoms with Crippen LogP contribution in [0.15, 0.2) is 6.33 Å². The molecule has 0 aliphatic carbocycles. The zero-order chi connectivity index (χ0) is 17.9. The van der Waals surface area contributed by atoms with Gasteiger partial charge in [0, 0.05) is 7.05 Å². The van der Waals surface area contributed by atoms with E-state index in [1.54, 1.807) is 15.5 Å². The Morgan fingerprint density at radius 2 is 2.08 bits per heavy atom. The molecule has 0 amide bonds. The lowest BCUT2D eigenvalue weighted by Crippen LogP contribution is -1.99. The van der Waals surface area contributed by atoms with Crippen molar-refractivity contribution in [2.45, 2.75) is 13.8 Å². The van der Waals surface area contributed by atoms with E-state index in [1.807, 2.05) is 20.9 Å². The SMILES string of the molecule is COC(=O)c1sc2ncn3nc(-c4nn(C)c(C)c4Cl)nc3c2c1C. The molecule has 10 heteroatoms. The number of esters is 1. The molecule has 0 aliphatic rings. The van der Waals surface area contributed by atoms with Crippen molar-refractivity contribution in [1.82, 2.24) is 29.4 Å². The average Bonchev–Trinajstić information content (AvgIpc) is 3.24. The largest absolute Gasteiger partial charge is 0.465 e. The van der Waals surface area contributed by atoms with Crippen molar-refractivity contribution in [3.63, 3.8) is 0 Å². The normalized spacial score (nSPS) is 11.6. The molecular formula is C15H13ClN6O2S. The maximum atomic E-state index is 11.9. The number of carbonyl (C=O) groups excluding carboxylic acids is 1. The molecule has 0 aromatic carbocycles. The minimum absolute atomic E-state index is 0.387. The Morgan fingerprint density at radius 1 is 1.32 bits per heavy atom. The second-order valence-electron chi connectivity index (χ2n) is 5.55. The van der Waals surface area contributed by atoms with Gasteiger partial charge in [0.2, 0.25) is 5.82 Å². The molecule has 0 saturated carbocycles. The molecule has 25 heavy (non-hydrogen) atoms. The number of nitrogens with zero attached hydrogens (tertiary/aromatic N) is 6. The van der Waals surface area contributed by atoms with Crippen molar-refractivity contribution >= 4 is 44.8 Å². The minimum atomic E-state index is -0.387. The molecule has 0 atom stereocenters. The van der Waals surface area contributed by atoms with Gasteiger partial charge in [-0.1, -0.05) is 11.6 Å². The van der Waals surface area contributed by atoms with E-state index in [0.29, 0.717) is 31.9 Å². The Kier molecular flexibility index (Phi) is 3.51. The molecule has 4 rings (SSSR count). The van der Waals surface area contributed by atoms with Gasteiger partial charge in [0.25, 0.3) is 0 Å². The first-order chi connectivity index (χ1) is 11.9. The maximum absolute atomic E-state index is 11.9. The zero-order valence-electron chi connectivity index (χ0n) is 13.9. The average molecular weight is 377 g/mol. The third-order valence-electron chi connectivity index (χ3n) is 4.11. The molecule has 8 nitrogen and oxygen atoms in total. The third-order valence-corrected chi connectivity index (χ3v) is 5.74. The molecule has 0 radical (unpaired) electrons. The van der Waals surface area contributed by atoms with Crippen molar-refractivity contribution in [2.75, 3.05) is 7.11 Å². The monoisotopic (exact) mass is 376 g/mol. The van der Waals surface area contributed by atoms with Crippen molar-refractivity contribution < 1.29 is 9.53 Å². The molecule has 4 heterocycles. The number of thiophene rings is 1. The molecule has 128 valence electrons. The maximum Gasteiger partial charge on any atom is 0.348 e. The first kappa shape index (κ1) is 16.0. The predicted octanol–water partition coefficient (Wildman–Crippen LogP) is 2.80. The van der Waals surface area contributed by atoms with Crippen molar-refractivity contribution in [3.05, 3.63) is 27.5 Å². The Bertz CT molecular complexity index is 1160. The number of rotatable bonds is 2. The highest BCUT2D eigenvalue weighted by Gasteiger charge is 2.22. The van der Waals surface area contributed by atoms with Gasteiger partial charge in [0.05, 0.1) is 23.2 Å². The fourth-order valence-corrected chi connectivity index (χ4v) is 3.95. The van der Waals surface area contributed by atoms with Gasteiger partial charge in [0.1, 0.15) is 16.0 Å². The molecule has 0 spiro atoms. The second-order valence-corrected chi connectivity index (χ2v) is 6.92. The molecule has 0 N–H and O–H groups in total. The molecule has 0 fully saturated rings. The van der Waals surface area contributed by atoms with Crippen LogP contribution in [0.4, 0.5) is 0 Å². The summed E-state index contributed by atoms with van der Waals surface area (Å²) in [5.74, 6) is 0.0232. The smallest absolute Gasteiger partial charge is 0.348 e. The Labute approximate surface area is 151 Å². The highest BCUT2D eigenvalue weighted by molar-refractivity contribution is 7.20. The second kappa shape index (κ2) is 5.50. The highest BCUT2D eigenvalue weighted by atomic mass is 35.5. The number of ether oxygens (including phenoxy) is 1. The number of fused-ring (bicyclic) bond motifs is 3. The van der Waals surface area contributed by atoms with Crippen LogP contribution in [0.2, 0.25) is 5.02 Å². The van der Waals surface area contributed by atoms with Crippen LogP contribution in [0.5, 0.6) is 0 Å². The molecule has 0 unspecified atom stereocenters. The summed E-state index contributed by atoms with van der Waals surface area (Å²) < 4.78 is 8.09. The molecule has 0 bridgehead atoms. The van der Waals surface area contributed by atoms with Crippen LogP contribution in [0.3, 0.4) is 0 Å². The van der Waals surface area contributed by atoms with E-state index in [1.165, 1.54) is 18.4 Å². The van der Waals surface area contributed by atoms with Gasteiger partial charge in [-0.05, 0) is 19.4 Å². The summed E-state index contributed by atoms with van der Waals surface area (Å²) in [4.78, 5) is 22.1. The number of halogens is 1. The predicted molar refractivity (Wildman–Crippen MR) is 94.2 cm³/mol. The summed E-state index contributed by atoms with van der Waals surface area (Å²) in [6.07, 6.45) is 1.56. The van der Waals surface area contributed by atoms with E-state index in [0.717, 1.165) is 16.6 Å². The Balaban J connectivity index is 1.99. The van der Waals surface area contributed by atoms with Gasteiger partial charge in [-0.25, -0.2) is 19.3 Å². The topological polar surface area (TPSA) is 87.2 Å².